The van der Waals surface area contributed by atoms with Crippen LogP contribution in [0.5, 0.6) is 0 Å². The highest BCUT2D eigenvalue weighted by Crippen LogP contribution is 2.46. The van der Waals surface area contributed by atoms with Gasteiger partial charge in [-0.05, 0) is 43.3 Å². The maximum Gasteiger partial charge on any atom is 0.191 e. The van der Waals surface area contributed by atoms with E-state index >= 15 is 0 Å². The molecular weight excluding hydrogens is 278 g/mol. The smallest absolute Gasteiger partial charge is 0.191 e. The molecule has 3 aliphatic carbocycles. The average molecular weight is 301 g/mol. The van der Waals surface area contributed by atoms with Crippen molar-refractivity contribution >= 4 is 5.78 Å². The quantitative estimate of drug-likeness (QED) is 0.731. The van der Waals surface area contributed by atoms with Crippen molar-refractivity contribution in [2.24, 2.45) is 11.3 Å². The Morgan fingerprint density at radius 3 is 2.68 bits per heavy atom. The van der Waals surface area contributed by atoms with Gasteiger partial charge in [-0.25, -0.2) is 0 Å². The fraction of sp³-hybridized carbons (Fsp3) is 0.667. The van der Waals surface area contributed by atoms with Gasteiger partial charge in [0.2, 0.25) is 0 Å². The molecule has 0 saturated heterocycles. The van der Waals surface area contributed by atoms with Crippen molar-refractivity contribution in [3.05, 3.63) is 23.8 Å². The van der Waals surface area contributed by atoms with Crippen LogP contribution in [-0.4, -0.2) is 25.3 Å². The summed E-state index contributed by atoms with van der Waals surface area (Å²) in [6.45, 7) is 0.712. The van der Waals surface area contributed by atoms with E-state index < -0.39 is 11.2 Å². The molecule has 118 valence electrons. The van der Waals surface area contributed by atoms with Gasteiger partial charge in [0.25, 0.3) is 0 Å². The normalized spacial score (nSPS) is 30.7. The minimum absolute atomic E-state index is 0.265. The van der Waals surface area contributed by atoms with Crippen molar-refractivity contribution < 1.29 is 14.3 Å². The fourth-order valence-corrected chi connectivity index (χ4v) is 3.32. The summed E-state index contributed by atoms with van der Waals surface area (Å²) in [7, 11) is 1.66. The third-order valence-electron chi connectivity index (χ3n) is 5.18. The molecule has 0 bridgehead atoms. The van der Waals surface area contributed by atoms with Crippen molar-refractivity contribution in [2.75, 3.05) is 13.7 Å². The van der Waals surface area contributed by atoms with Crippen molar-refractivity contribution in [3.8, 4) is 6.07 Å². The van der Waals surface area contributed by atoms with E-state index in [-0.39, 0.29) is 5.78 Å². The van der Waals surface area contributed by atoms with Gasteiger partial charge in [0.05, 0.1) is 18.1 Å². The molecule has 3 rings (SSSR count). The van der Waals surface area contributed by atoms with Crippen LogP contribution >= 0.6 is 0 Å². The van der Waals surface area contributed by atoms with Crippen LogP contribution in [0.4, 0.5) is 0 Å². The van der Waals surface area contributed by atoms with Crippen LogP contribution in [-0.2, 0) is 14.3 Å². The fourth-order valence-electron chi connectivity index (χ4n) is 3.32. The lowest BCUT2D eigenvalue weighted by molar-refractivity contribution is -0.191. The molecule has 0 aromatic rings. The molecule has 0 heterocycles. The summed E-state index contributed by atoms with van der Waals surface area (Å²) < 4.78 is 11.7. The summed E-state index contributed by atoms with van der Waals surface area (Å²) in [4.78, 5) is 11.5. The van der Waals surface area contributed by atoms with Crippen molar-refractivity contribution in [2.45, 2.75) is 50.7 Å². The Labute approximate surface area is 131 Å². The molecular formula is C18H23NO3. The van der Waals surface area contributed by atoms with Gasteiger partial charge in [-0.2, -0.15) is 5.26 Å². The number of ether oxygens (including phenoxy) is 2. The Morgan fingerprint density at radius 1 is 1.36 bits per heavy atom. The van der Waals surface area contributed by atoms with Crippen LogP contribution in [0, 0.1) is 22.7 Å². The topological polar surface area (TPSA) is 59.3 Å². The molecule has 4 nitrogen and oxygen atoms in total. The lowest BCUT2D eigenvalue weighted by Crippen LogP contribution is -2.39. The molecule has 0 radical (unpaired) electrons. The van der Waals surface area contributed by atoms with E-state index in [2.05, 4.69) is 6.07 Å². The second kappa shape index (κ2) is 5.98. The Bertz CT molecular complexity index is 543. The van der Waals surface area contributed by atoms with Gasteiger partial charge in [-0.1, -0.05) is 12.2 Å². The summed E-state index contributed by atoms with van der Waals surface area (Å²) in [6.07, 6.45) is 11.2. The molecule has 1 atom stereocenters. The molecule has 0 N–H and O–H groups in total. The van der Waals surface area contributed by atoms with Gasteiger partial charge < -0.3 is 9.47 Å². The first-order valence-electron chi connectivity index (χ1n) is 8.12. The highest BCUT2D eigenvalue weighted by atomic mass is 16.7. The number of hydrogen-bond donors (Lipinski definition) is 0. The number of allylic oxidation sites excluding steroid dienone is 2. The first-order valence-corrected chi connectivity index (χ1v) is 8.12. The second-order valence-electron chi connectivity index (χ2n) is 6.73. The molecule has 1 unspecified atom stereocenters. The Balaban J connectivity index is 1.76. The molecule has 4 heteroatoms. The number of nitrogens with zero attached hydrogens (tertiary/aromatic N) is 1. The van der Waals surface area contributed by atoms with Crippen molar-refractivity contribution in [3.63, 3.8) is 0 Å². The minimum Gasteiger partial charge on any atom is -0.349 e. The highest BCUT2D eigenvalue weighted by Gasteiger charge is 2.43. The molecule has 0 amide bonds. The van der Waals surface area contributed by atoms with Gasteiger partial charge in [-0.3, -0.25) is 4.79 Å². The van der Waals surface area contributed by atoms with Gasteiger partial charge in [0.15, 0.2) is 5.79 Å². The summed E-state index contributed by atoms with van der Waals surface area (Å²) in [5.74, 6) is 0.172. The van der Waals surface area contributed by atoms with E-state index in [9.17, 15) is 10.1 Å². The molecule has 2 saturated carbocycles. The third kappa shape index (κ3) is 3.02. The van der Waals surface area contributed by atoms with E-state index in [1.807, 2.05) is 18.2 Å². The van der Waals surface area contributed by atoms with Gasteiger partial charge in [-0.15, -0.1) is 0 Å². The number of ketones is 1. The largest absolute Gasteiger partial charge is 0.349 e. The van der Waals surface area contributed by atoms with E-state index in [1.165, 1.54) is 12.8 Å². The number of carbonyl (C=O) groups is 1. The first kappa shape index (κ1) is 15.5. The summed E-state index contributed by atoms with van der Waals surface area (Å²) in [5.41, 5.74) is 0.508. The SMILES string of the molecule is COC1(OCC2CC2)C=CC=C(C2(C#N)CCC(=O)CC2)C1. The Hall–Kier alpha value is -1.44. The minimum atomic E-state index is -0.752. The van der Waals surface area contributed by atoms with Crippen LogP contribution in [0.3, 0.4) is 0 Å². The van der Waals surface area contributed by atoms with E-state index in [0.717, 1.165) is 5.57 Å². The van der Waals surface area contributed by atoms with Gasteiger partial charge in [0.1, 0.15) is 5.78 Å². The molecule has 0 spiro atoms. The number of rotatable bonds is 5. The van der Waals surface area contributed by atoms with Gasteiger partial charge >= 0.3 is 0 Å². The van der Waals surface area contributed by atoms with Crippen LogP contribution in [0.25, 0.3) is 0 Å². The molecule has 22 heavy (non-hydrogen) atoms. The summed E-state index contributed by atoms with van der Waals surface area (Å²) in [6, 6.07) is 2.48. The van der Waals surface area contributed by atoms with E-state index in [4.69, 9.17) is 9.47 Å². The zero-order chi connectivity index (χ0) is 15.6. The lowest BCUT2D eigenvalue weighted by atomic mass is 9.67. The lowest BCUT2D eigenvalue weighted by Gasteiger charge is -2.39. The predicted molar refractivity (Wildman–Crippen MR) is 81.8 cm³/mol. The molecule has 3 aliphatic rings. The standard InChI is InChI=1S/C18H23NO3/c1-21-18(22-12-14-4-5-14)8-2-3-15(11-18)17(13-19)9-6-16(20)7-10-17/h2-3,8,14H,4-7,9-12H2,1H3. The zero-order valence-corrected chi connectivity index (χ0v) is 13.1. The highest BCUT2D eigenvalue weighted by molar-refractivity contribution is 5.79. The molecule has 0 aromatic heterocycles. The number of methoxy groups -OCH3 is 1. The number of hydrogen-bond acceptors (Lipinski definition) is 4. The molecule has 0 aliphatic heterocycles. The maximum absolute atomic E-state index is 11.5. The van der Waals surface area contributed by atoms with Gasteiger partial charge in [0, 0.05) is 26.4 Å². The molecule has 2 fully saturated rings. The number of carbonyl (C=O) groups excluding carboxylic acids is 1. The first-order chi connectivity index (χ1) is 10.6. The van der Waals surface area contributed by atoms with E-state index in [1.54, 1.807) is 7.11 Å². The predicted octanol–water partition coefficient (Wildman–Crippen LogP) is 3.30. The van der Waals surface area contributed by atoms with Crippen LogP contribution in [0.2, 0.25) is 0 Å². The molecule has 0 aromatic carbocycles. The van der Waals surface area contributed by atoms with E-state index in [0.29, 0.717) is 44.6 Å². The summed E-state index contributed by atoms with van der Waals surface area (Å²) in [5, 5.41) is 9.74. The number of Topliss-reactive ketones (excluding diaryl/α,β-unsaturated/α-hetero) is 1. The van der Waals surface area contributed by atoms with Crippen LogP contribution in [0.15, 0.2) is 23.8 Å². The third-order valence-corrected chi connectivity index (χ3v) is 5.18. The second-order valence-corrected chi connectivity index (χ2v) is 6.73. The average Bonchev–Trinajstić information content (AvgIpc) is 3.39. The summed E-state index contributed by atoms with van der Waals surface area (Å²) >= 11 is 0. The Kier molecular flexibility index (Phi) is 4.20. The Morgan fingerprint density at radius 2 is 2.09 bits per heavy atom. The van der Waals surface area contributed by atoms with Crippen LogP contribution in [0.1, 0.15) is 44.9 Å². The zero-order valence-electron chi connectivity index (χ0n) is 13.1. The maximum atomic E-state index is 11.5. The van der Waals surface area contributed by atoms with Crippen LogP contribution < -0.4 is 0 Å². The van der Waals surface area contributed by atoms with Crippen molar-refractivity contribution in [1.29, 1.82) is 5.26 Å². The van der Waals surface area contributed by atoms with Crippen molar-refractivity contribution in [1.82, 2.24) is 0 Å². The monoisotopic (exact) mass is 301 g/mol. The number of nitriles is 1.